The molecule has 2 aromatic rings. The maximum Gasteiger partial charge on any atom is 0.258 e. The molecular formula is C23H33ClN2O3. The van der Waals surface area contributed by atoms with Crippen molar-refractivity contribution in [2.75, 3.05) is 26.2 Å². The summed E-state index contributed by atoms with van der Waals surface area (Å²) in [5.74, 6) is 3.23. The predicted molar refractivity (Wildman–Crippen MR) is 118 cm³/mol. The first-order valence-electron chi connectivity index (χ1n) is 10.2. The lowest BCUT2D eigenvalue weighted by Crippen LogP contribution is -2.42. The summed E-state index contributed by atoms with van der Waals surface area (Å²) in [5.41, 5.74) is 2.23. The number of rotatable bonds is 7. The van der Waals surface area contributed by atoms with Gasteiger partial charge < -0.3 is 14.5 Å². The molecule has 6 heteroatoms. The van der Waals surface area contributed by atoms with E-state index in [-0.39, 0.29) is 31.0 Å². The Labute approximate surface area is 180 Å². The molecule has 1 amide bonds. The van der Waals surface area contributed by atoms with Crippen LogP contribution in [0.5, 0.6) is 5.75 Å². The molecule has 160 valence electrons. The standard InChI is InChI=1S/C23H32N2O3.ClH/c1-16-10-12-25(13-11-16)20(22-9-8-18(3)28-22)14-24-23(26)15-27-21-7-5-6-17(2)19(21)4;/h5-9,16,20H,10-15H2,1-4H3,(H,24,26);1H. The minimum atomic E-state index is -0.112. The fraction of sp³-hybridized carbons (Fsp3) is 0.522. The van der Waals surface area contributed by atoms with Crippen LogP contribution in [0.3, 0.4) is 0 Å². The Morgan fingerprint density at radius 2 is 1.93 bits per heavy atom. The molecule has 1 aliphatic heterocycles. The number of halogens is 1. The maximum atomic E-state index is 12.4. The van der Waals surface area contributed by atoms with E-state index < -0.39 is 0 Å². The number of benzene rings is 1. The number of hydrogen-bond acceptors (Lipinski definition) is 4. The van der Waals surface area contributed by atoms with Crippen molar-refractivity contribution in [1.29, 1.82) is 0 Å². The Morgan fingerprint density at radius 3 is 2.59 bits per heavy atom. The van der Waals surface area contributed by atoms with Gasteiger partial charge in [-0.3, -0.25) is 9.69 Å². The molecule has 0 spiro atoms. The number of ether oxygens (including phenoxy) is 1. The van der Waals surface area contributed by atoms with Gasteiger partial charge in [0.2, 0.25) is 0 Å². The number of hydrogen-bond donors (Lipinski definition) is 1. The molecule has 0 saturated carbocycles. The van der Waals surface area contributed by atoms with Crippen LogP contribution < -0.4 is 10.1 Å². The normalized spacial score (nSPS) is 16.1. The largest absolute Gasteiger partial charge is 0.483 e. The summed E-state index contributed by atoms with van der Waals surface area (Å²) in [6, 6.07) is 9.96. The van der Waals surface area contributed by atoms with Crippen molar-refractivity contribution in [3.05, 3.63) is 53.0 Å². The molecule has 5 nitrogen and oxygen atoms in total. The minimum Gasteiger partial charge on any atom is -0.483 e. The van der Waals surface area contributed by atoms with Crippen molar-refractivity contribution < 1.29 is 13.9 Å². The third-order valence-electron chi connectivity index (χ3n) is 5.75. The molecule has 1 fully saturated rings. The topological polar surface area (TPSA) is 54.7 Å². The van der Waals surface area contributed by atoms with E-state index in [2.05, 4.69) is 17.1 Å². The first-order chi connectivity index (χ1) is 13.4. The smallest absolute Gasteiger partial charge is 0.258 e. The Morgan fingerprint density at radius 1 is 1.21 bits per heavy atom. The van der Waals surface area contributed by atoms with Crippen LogP contribution in [0.25, 0.3) is 0 Å². The summed E-state index contributed by atoms with van der Waals surface area (Å²) in [5, 5.41) is 3.04. The summed E-state index contributed by atoms with van der Waals surface area (Å²) in [4.78, 5) is 14.8. The fourth-order valence-electron chi connectivity index (χ4n) is 3.67. The first kappa shape index (κ1) is 23.3. The van der Waals surface area contributed by atoms with Crippen molar-refractivity contribution in [2.45, 2.75) is 46.6 Å². The van der Waals surface area contributed by atoms with E-state index in [0.717, 1.165) is 47.4 Å². The molecule has 1 aromatic heterocycles. The van der Waals surface area contributed by atoms with Gasteiger partial charge in [0.05, 0.1) is 6.04 Å². The summed E-state index contributed by atoms with van der Waals surface area (Å²) in [6.07, 6.45) is 2.36. The van der Waals surface area contributed by atoms with E-state index in [4.69, 9.17) is 9.15 Å². The number of carbonyl (C=O) groups excluding carboxylic acids is 1. The van der Waals surface area contributed by atoms with Gasteiger partial charge in [0.1, 0.15) is 17.3 Å². The summed E-state index contributed by atoms with van der Waals surface area (Å²) >= 11 is 0. The van der Waals surface area contributed by atoms with Crippen LogP contribution in [0.4, 0.5) is 0 Å². The highest BCUT2D eigenvalue weighted by Gasteiger charge is 2.27. The van der Waals surface area contributed by atoms with Crippen molar-refractivity contribution in [2.24, 2.45) is 5.92 Å². The van der Waals surface area contributed by atoms with Gasteiger partial charge >= 0.3 is 0 Å². The van der Waals surface area contributed by atoms with E-state index >= 15 is 0 Å². The van der Waals surface area contributed by atoms with Gasteiger partial charge in [-0.2, -0.15) is 0 Å². The molecule has 0 radical (unpaired) electrons. The molecule has 1 aliphatic rings. The van der Waals surface area contributed by atoms with Crippen LogP contribution in [0.15, 0.2) is 34.7 Å². The van der Waals surface area contributed by atoms with E-state index in [0.29, 0.717) is 6.54 Å². The molecular weight excluding hydrogens is 388 g/mol. The van der Waals surface area contributed by atoms with Crippen molar-refractivity contribution in [3.63, 3.8) is 0 Å². The predicted octanol–water partition coefficient (Wildman–Crippen LogP) is 4.59. The molecule has 29 heavy (non-hydrogen) atoms. The van der Waals surface area contributed by atoms with Crippen LogP contribution >= 0.6 is 12.4 Å². The third kappa shape index (κ3) is 6.25. The highest BCUT2D eigenvalue weighted by molar-refractivity contribution is 5.85. The first-order valence-corrected chi connectivity index (χ1v) is 10.2. The number of amides is 1. The lowest BCUT2D eigenvalue weighted by atomic mass is 9.97. The van der Waals surface area contributed by atoms with Gasteiger partial charge in [0, 0.05) is 6.54 Å². The molecule has 2 heterocycles. The Balaban J connectivity index is 0.00000300. The number of nitrogens with one attached hydrogen (secondary N) is 1. The Hall–Kier alpha value is -1.98. The van der Waals surface area contributed by atoms with Gasteiger partial charge in [-0.15, -0.1) is 12.4 Å². The zero-order valence-corrected chi connectivity index (χ0v) is 18.7. The van der Waals surface area contributed by atoms with Crippen LogP contribution in [-0.4, -0.2) is 37.0 Å². The van der Waals surface area contributed by atoms with E-state index in [9.17, 15) is 4.79 Å². The van der Waals surface area contributed by atoms with Crippen molar-refractivity contribution in [3.8, 4) is 5.75 Å². The van der Waals surface area contributed by atoms with Crippen molar-refractivity contribution >= 4 is 18.3 Å². The fourth-order valence-corrected chi connectivity index (χ4v) is 3.67. The quantitative estimate of drug-likeness (QED) is 0.711. The van der Waals surface area contributed by atoms with Gasteiger partial charge in [-0.1, -0.05) is 19.1 Å². The lowest BCUT2D eigenvalue weighted by Gasteiger charge is -2.35. The van der Waals surface area contributed by atoms with Gasteiger partial charge in [-0.05, 0) is 81.9 Å². The Kier molecular flexibility index (Phi) is 8.60. The lowest BCUT2D eigenvalue weighted by molar-refractivity contribution is -0.123. The summed E-state index contributed by atoms with van der Waals surface area (Å²) < 4.78 is 11.6. The molecule has 1 aromatic carbocycles. The second-order valence-electron chi connectivity index (χ2n) is 7.97. The van der Waals surface area contributed by atoms with Gasteiger partial charge in [-0.25, -0.2) is 0 Å². The minimum absolute atomic E-state index is 0. The second-order valence-corrected chi connectivity index (χ2v) is 7.97. The molecule has 1 saturated heterocycles. The Bertz CT molecular complexity index is 797. The van der Waals surface area contributed by atoms with E-state index in [1.54, 1.807) is 0 Å². The van der Waals surface area contributed by atoms with Crippen LogP contribution in [0.1, 0.15) is 48.5 Å². The molecule has 1 atom stereocenters. The van der Waals surface area contributed by atoms with Gasteiger partial charge in [0.15, 0.2) is 6.61 Å². The van der Waals surface area contributed by atoms with Crippen LogP contribution in [0, 0.1) is 26.7 Å². The van der Waals surface area contributed by atoms with Gasteiger partial charge in [0.25, 0.3) is 5.91 Å². The molecule has 0 bridgehead atoms. The zero-order chi connectivity index (χ0) is 20.1. The average molecular weight is 421 g/mol. The number of aryl methyl sites for hydroxylation is 2. The zero-order valence-electron chi connectivity index (χ0n) is 17.9. The monoisotopic (exact) mass is 420 g/mol. The number of nitrogens with zero attached hydrogens (tertiary/aromatic N) is 1. The molecule has 1 N–H and O–H groups in total. The third-order valence-corrected chi connectivity index (χ3v) is 5.75. The summed E-state index contributed by atoms with van der Waals surface area (Å²) in [7, 11) is 0. The van der Waals surface area contributed by atoms with E-state index in [1.165, 1.54) is 12.8 Å². The summed E-state index contributed by atoms with van der Waals surface area (Å²) in [6.45, 7) is 10.9. The van der Waals surface area contributed by atoms with Crippen LogP contribution in [0.2, 0.25) is 0 Å². The second kappa shape index (κ2) is 10.7. The number of likely N-dealkylation sites (tertiary alicyclic amines) is 1. The highest BCUT2D eigenvalue weighted by Crippen LogP contribution is 2.27. The van der Waals surface area contributed by atoms with Crippen molar-refractivity contribution in [1.82, 2.24) is 10.2 Å². The maximum absolute atomic E-state index is 12.4. The number of piperidine rings is 1. The van der Waals surface area contributed by atoms with E-state index in [1.807, 2.05) is 51.1 Å². The highest BCUT2D eigenvalue weighted by atomic mass is 35.5. The SMILES string of the molecule is Cc1ccc(C(CNC(=O)COc2cccc(C)c2C)N2CCC(C)CC2)o1.Cl. The molecule has 1 unspecified atom stereocenters. The number of furan rings is 1. The molecule has 0 aliphatic carbocycles. The molecule has 3 rings (SSSR count). The van der Waals surface area contributed by atoms with Crippen LogP contribution in [-0.2, 0) is 4.79 Å². The average Bonchev–Trinajstić information content (AvgIpc) is 3.10. The number of carbonyl (C=O) groups is 1.